The maximum absolute atomic E-state index is 13.2. The summed E-state index contributed by atoms with van der Waals surface area (Å²) in [5, 5.41) is 4.19. The van der Waals surface area contributed by atoms with Crippen molar-refractivity contribution in [2.75, 3.05) is 38.6 Å². The SMILES string of the molecule is Nc1c(C(=O)c2cccc(C#CCN3CCOCC3)c2)cnn1-c1ccc(F)cc1.[Cl-]. The zero-order valence-electron chi connectivity index (χ0n) is 16.7. The molecule has 1 fully saturated rings. The fourth-order valence-electron chi connectivity index (χ4n) is 3.23. The molecule has 6 nitrogen and oxygen atoms in total. The first-order chi connectivity index (χ1) is 14.6. The first-order valence-corrected chi connectivity index (χ1v) is 9.65. The third-order valence-corrected chi connectivity index (χ3v) is 4.89. The molecule has 4 rings (SSSR count). The molecule has 0 unspecified atom stereocenters. The molecule has 1 aliphatic heterocycles. The fourth-order valence-corrected chi connectivity index (χ4v) is 3.23. The van der Waals surface area contributed by atoms with Gasteiger partial charge < -0.3 is 22.9 Å². The maximum Gasteiger partial charge on any atom is 0.198 e. The first kappa shape index (κ1) is 22.5. The van der Waals surface area contributed by atoms with Gasteiger partial charge in [0.1, 0.15) is 11.6 Å². The lowest BCUT2D eigenvalue weighted by Gasteiger charge is -2.24. The molecule has 8 heteroatoms. The van der Waals surface area contributed by atoms with Gasteiger partial charge in [0.05, 0.1) is 37.2 Å². The number of anilines is 1. The van der Waals surface area contributed by atoms with E-state index in [4.69, 9.17) is 10.5 Å². The van der Waals surface area contributed by atoms with Gasteiger partial charge in [0.15, 0.2) is 5.78 Å². The second kappa shape index (κ2) is 10.2. The lowest BCUT2D eigenvalue weighted by Crippen LogP contribution is -3.00. The lowest BCUT2D eigenvalue weighted by atomic mass is 10.0. The molecule has 0 aliphatic carbocycles. The monoisotopic (exact) mass is 439 g/mol. The smallest absolute Gasteiger partial charge is 0.198 e. The number of nitrogen functional groups attached to an aromatic ring is 1. The number of nitrogens with two attached hydrogens (primary N) is 1. The number of hydrogen-bond donors (Lipinski definition) is 1. The summed E-state index contributed by atoms with van der Waals surface area (Å²) in [5.41, 5.74) is 8.27. The number of ether oxygens (including phenoxy) is 1. The van der Waals surface area contributed by atoms with Gasteiger partial charge in [-0.25, -0.2) is 9.07 Å². The predicted octanol–water partition coefficient (Wildman–Crippen LogP) is -0.488. The van der Waals surface area contributed by atoms with E-state index in [0.717, 1.165) is 31.9 Å². The van der Waals surface area contributed by atoms with Crippen LogP contribution < -0.4 is 18.1 Å². The molecule has 1 saturated heterocycles. The predicted molar refractivity (Wildman–Crippen MR) is 112 cm³/mol. The van der Waals surface area contributed by atoms with Crippen molar-refractivity contribution in [3.63, 3.8) is 0 Å². The Balaban J connectivity index is 0.00000272. The Morgan fingerprint density at radius 1 is 1.16 bits per heavy atom. The molecule has 0 atom stereocenters. The van der Waals surface area contributed by atoms with Crippen LogP contribution in [0.25, 0.3) is 5.69 Å². The highest BCUT2D eigenvalue weighted by molar-refractivity contribution is 6.11. The first-order valence-electron chi connectivity index (χ1n) is 9.65. The molecule has 160 valence electrons. The molecule has 1 aliphatic rings. The molecule has 2 N–H and O–H groups in total. The summed E-state index contributed by atoms with van der Waals surface area (Å²) >= 11 is 0. The average molecular weight is 440 g/mol. The van der Waals surface area contributed by atoms with E-state index in [0.29, 0.717) is 17.8 Å². The average Bonchev–Trinajstić information content (AvgIpc) is 3.16. The van der Waals surface area contributed by atoms with Gasteiger partial charge in [0, 0.05) is 24.2 Å². The molecule has 0 bridgehead atoms. The second-order valence-corrected chi connectivity index (χ2v) is 6.93. The minimum atomic E-state index is -0.354. The van der Waals surface area contributed by atoms with E-state index in [1.165, 1.54) is 23.0 Å². The van der Waals surface area contributed by atoms with E-state index in [1.807, 2.05) is 6.07 Å². The summed E-state index contributed by atoms with van der Waals surface area (Å²) in [6.07, 6.45) is 1.43. The Kier molecular flexibility index (Phi) is 7.42. The highest BCUT2D eigenvalue weighted by Crippen LogP contribution is 2.21. The summed E-state index contributed by atoms with van der Waals surface area (Å²) in [6.45, 7) is 3.89. The number of hydrogen-bond acceptors (Lipinski definition) is 5. The molecule has 3 aromatic rings. The van der Waals surface area contributed by atoms with E-state index in [1.54, 1.807) is 30.3 Å². The summed E-state index contributed by atoms with van der Waals surface area (Å²) in [4.78, 5) is 15.2. The van der Waals surface area contributed by atoms with Gasteiger partial charge >= 0.3 is 0 Å². The van der Waals surface area contributed by atoms with Crippen LogP contribution in [0.2, 0.25) is 0 Å². The third kappa shape index (κ3) is 5.30. The number of carbonyl (C=O) groups excluding carboxylic acids is 1. The topological polar surface area (TPSA) is 73.4 Å². The number of ketones is 1. The largest absolute Gasteiger partial charge is 1.00 e. The number of aromatic nitrogens is 2. The molecule has 1 aromatic heterocycles. The molecule has 0 spiro atoms. The van der Waals surface area contributed by atoms with Crippen LogP contribution in [0, 0.1) is 17.7 Å². The number of halogens is 2. The van der Waals surface area contributed by atoms with Gasteiger partial charge in [0.25, 0.3) is 0 Å². The van der Waals surface area contributed by atoms with Gasteiger partial charge in [-0.15, -0.1) is 0 Å². The zero-order chi connectivity index (χ0) is 20.9. The van der Waals surface area contributed by atoms with Crippen LogP contribution in [0.15, 0.2) is 54.7 Å². The van der Waals surface area contributed by atoms with Crippen LogP contribution in [0.5, 0.6) is 0 Å². The van der Waals surface area contributed by atoms with Crippen LogP contribution in [0.3, 0.4) is 0 Å². The Bertz CT molecular complexity index is 1110. The van der Waals surface area contributed by atoms with Gasteiger partial charge in [-0.3, -0.25) is 9.69 Å². The Labute approximate surface area is 186 Å². The lowest BCUT2D eigenvalue weighted by molar-refractivity contribution is -0.0000154. The van der Waals surface area contributed by atoms with Crippen molar-refractivity contribution >= 4 is 11.6 Å². The van der Waals surface area contributed by atoms with Gasteiger partial charge in [-0.05, 0) is 36.4 Å². The van der Waals surface area contributed by atoms with E-state index in [-0.39, 0.29) is 35.4 Å². The molecule has 2 heterocycles. The van der Waals surface area contributed by atoms with Crippen LogP contribution in [-0.2, 0) is 4.74 Å². The van der Waals surface area contributed by atoms with Gasteiger partial charge in [-0.2, -0.15) is 5.10 Å². The number of carbonyl (C=O) groups is 1. The zero-order valence-corrected chi connectivity index (χ0v) is 17.5. The minimum absolute atomic E-state index is 0. The van der Waals surface area contributed by atoms with Crippen molar-refractivity contribution < 1.29 is 26.3 Å². The number of benzene rings is 2. The van der Waals surface area contributed by atoms with Crippen molar-refractivity contribution in [2.24, 2.45) is 0 Å². The summed E-state index contributed by atoms with van der Waals surface area (Å²) in [6, 6.07) is 12.9. The van der Waals surface area contributed by atoms with Crippen molar-refractivity contribution in [3.8, 4) is 17.5 Å². The molecular formula is C23H21ClFN4O2-. The molecule has 0 amide bonds. The van der Waals surface area contributed by atoms with Crippen molar-refractivity contribution in [2.45, 2.75) is 0 Å². The van der Waals surface area contributed by atoms with Crippen molar-refractivity contribution in [1.29, 1.82) is 0 Å². The minimum Gasteiger partial charge on any atom is -1.00 e. The van der Waals surface area contributed by atoms with Crippen molar-refractivity contribution in [3.05, 3.63) is 77.2 Å². The second-order valence-electron chi connectivity index (χ2n) is 6.93. The highest BCUT2D eigenvalue weighted by Gasteiger charge is 2.18. The standard InChI is InChI=1S/C23H21FN4O2.ClH/c24-19-6-8-20(9-7-19)28-23(25)21(16-26-28)22(29)18-5-1-3-17(15-18)4-2-10-27-11-13-30-14-12-27;/h1,3,5-9,15-16H,10-14,25H2;1H/p-1. The van der Waals surface area contributed by atoms with E-state index in [2.05, 4.69) is 21.8 Å². The summed E-state index contributed by atoms with van der Waals surface area (Å²) < 4.78 is 19.9. The van der Waals surface area contributed by atoms with E-state index in [9.17, 15) is 9.18 Å². The number of morpholine rings is 1. The Morgan fingerprint density at radius 3 is 2.65 bits per heavy atom. The number of rotatable bonds is 4. The van der Waals surface area contributed by atoms with Crippen LogP contribution in [0.1, 0.15) is 21.5 Å². The fraction of sp³-hybridized carbons (Fsp3) is 0.217. The van der Waals surface area contributed by atoms with Gasteiger partial charge in [-0.1, -0.05) is 24.0 Å². The Hall–Kier alpha value is -3.18. The molecular weight excluding hydrogens is 419 g/mol. The Morgan fingerprint density at radius 2 is 1.90 bits per heavy atom. The van der Waals surface area contributed by atoms with Crippen molar-refractivity contribution in [1.82, 2.24) is 14.7 Å². The molecule has 2 aromatic carbocycles. The van der Waals surface area contributed by atoms with Crippen LogP contribution in [-0.4, -0.2) is 53.3 Å². The van der Waals surface area contributed by atoms with E-state index < -0.39 is 0 Å². The summed E-state index contributed by atoms with van der Waals surface area (Å²) in [7, 11) is 0. The van der Waals surface area contributed by atoms with Crippen LogP contribution >= 0.6 is 0 Å². The van der Waals surface area contributed by atoms with E-state index >= 15 is 0 Å². The third-order valence-electron chi connectivity index (χ3n) is 4.89. The molecule has 0 saturated carbocycles. The number of nitrogens with zero attached hydrogens (tertiary/aromatic N) is 3. The molecule has 0 radical (unpaired) electrons. The highest BCUT2D eigenvalue weighted by atomic mass is 35.5. The maximum atomic E-state index is 13.2. The summed E-state index contributed by atoms with van der Waals surface area (Å²) in [5.74, 6) is 5.88. The van der Waals surface area contributed by atoms with Gasteiger partial charge in [0.2, 0.25) is 0 Å². The quantitative estimate of drug-likeness (QED) is 0.439. The molecule has 31 heavy (non-hydrogen) atoms. The normalized spacial score (nSPS) is 13.7. The van der Waals surface area contributed by atoms with Crippen LogP contribution in [0.4, 0.5) is 10.2 Å².